The molecular formula is C16H18N2O4S2. The van der Waals surface area contributed by atoms with Gasteiger partial charge in [-0.05, 0) is 30.5 Å². The predicted molar refractivity (Wildman–Crippen MR) is 92.5 cm³/mol. The molecular weight excluding hydrogens is 348 g/mol. The van der Waals surface area contributed by atoms with Gasteiger partial charge in [0.05, 0.1) is 4.90 Å². The van der Waals surface area contributed by atoms with Gasteiger partial charge in [0.15, 0.2) is 9.84 Å². The number of benzene rings is 1. The molecule has 0 fully saturated rings. The minimum atomic E-state index is -3.70. The second-order valence-corrected chi connectivity index (χ2v) is 8.26. The molecule has 0 spiro atoms. The number of carbonyl (C=O) groups is 2. The van der Waals surface area contributed by atoms with E-state index in [1.807, 2.05) is 6.92 Å². The summed E-state index contributed by atoms with van der Waals surface area (Å²) < 4.78 is 25.9. The summed E-state index contributed by atoms with van der Waals surface area (Å²) >= 11 is 1.29. The van der Waals surface area contributed by atoms with Crippen LogP contribution in [-0.4, -0.2) is 33.8 Å². The molecule has 1 heterocycles. The number of sulfone groups is 1. The molecule has 1 aromatic carbocycles. The van der Waals surface area contributed by atoms with Crippen LogP contribution in [0, 0.1) is 6.92 Å². The number of rotatable bonds is 5. The van der Waals surface area contributed by atoms with E-state index < -0.39 is 26.9 Å². The number of thiophene rings is 1. The molecule has 0 unspecified atom stereocenters. The normalized spacial score (nSPS) is 12.4. The minimum absolute atomic E-state index is 0.178. The van der Waals surface area contributed by atoms with Crippen LogP contribution in [0.25, 0.3) is 0 Å². The summed E-state index contributed by atoms with van der Waals surface area (Å²) in [5, 5.41) is 5.41. The molecule has 0 bridgehead atoms. The van der Waals surface area contributed by atoms with Gasteiger partial charge in [0.25, 0.3) is 0 Å². The summed E-state index contributed by atoms with van der Waals surface area (Å²) in [7, 11) is -2.37. The van der Waals surface area contributed by atoms with Crippen molar-refractivity contribution in [3.05, 3.63) is 52.2 Å². The lowest BCUT2D eigenvalue weighted by Crippen LogP contribution is -2.40. The predicted octanol–water partition coefficient (Wildman–Crippen LogP) is 1.43. The molecule has 0 radical (unpaired) electrons. The fourth-order valence-electron chi connectivity index (χ4n) is 2.11. The summed E-state index contributed by atoms with van der Waals surface area (Å²) in [5.41, 5.74) is 0.953. The SMILES string of the molecule is CNC(=O)C(=O)NC[C@@H](c1cccs1)S(=O)(=O)c1ccc(C)cc1. The molecule has 128 valence electrons. The van der Waals surface area contributed by atoms with E-state index in [4.69, 9.17) is 0 Å². The van der Waals surface area contributed by atoms with Gasteiger partial charge in [-0.2, -0.15) is 0 Å². The average molecular weight is 366 g/mol. The van der Waals surface area contributed by atoms with Gasteiger partial charge in [-0.3, -0.25) is 9.59 Å². The van der Waals surface area contributed by atoms with Gasteiger partial charge in [-0.1, -0.05) is 23.8 Å². The monoisotopic (exact) mass is 366 g/mol. The highest BCUT2D eigenvalue weighted by Crippen LogP contribution is 2.31. The molecule has 2 rings (SSSR count). The van der Waals surface area contributed by atoms with Crippen molar-refractivity contribution in [2.45, 2.75) is 17.1 Å². The number of nitrogens with one attached hydrogen (secondary N) is 2. The number of likely N-dealkylation sites (N-methyl/N-ethyl adjacent to an activating group) is 1. The summed E-state index contributed by atoms with van der Waals surface area (Å²) in [6.45, 7) is 1.69. The summed E-state index contributed by atoms with van der Waals surface area (Å²) in [6, 6.07) is 9.99. The van der Waals surface area contributed by atoms with Crippen molar-refractivity contribution in [3.8, 4) is 0 Å². The summed E-state index contributed by atoms with van der Waals surface area (Å²) in [5.74, 6) is -1.68. The molecule has 1 aromatic heterocycles. The van der Waals surface area contributed by atoms with E-state index in [1.54, 1.807) is 41.8 Å². The van der Waals surface area contributed by atoms with Crippen molar-refractivity contribution in [1.29, 1.82) is 0 Å². The van der Waals surface area contributed by atoms with Crippen molar-refractivity contribution in [2.24, 2.45) is 0 Å². The van der Waals surface area contributed by atoms with Crippen LogP contribution >= 0.6 is 11.3 Å². The maximum absolute atomic E-state index is 12.9. The first-order valence-corrected chi connectivity index (χ1v) is 9.62. The smallest absolute Gasteiger partial charge is 0.309 e. The molecule has 6 nitrogen and oxygen atoms in total. The number of aryl methyl sites for hydroxylation is 1. The molecule has 0 aliphatic rings. The Bertz CT molecular complexity index is 812. The first-order chi connectivity index (χ1) is 11.4. The number of hydrogen-bond acceptors (Lipinski definition) is 5. The van der Waals surface area contributed by atoms with E-state index in [0.29, 0.717) is 4.88 Å². The zero-order valence-electron chi connectivity index (χ0n) is 13.3. The van der Waals surface area contributed by atoms with Gasteiger partial charge in [-0.25, -0.2) is 8.42 Å². The highest BCUT2D eigenvalue weighted by Gasteiger charge is 2.31. The lowest BCUT2D eigenvalue weighted by molar-refractivity contribution is -0.138. The van der Waals surface area contributed by atoms with Crippen LogP contribution < -0.4 is 10.6 Å². The zero-order chi connectivity index (χ0) is 17.7. The maximum Gasteiger partial charge on any atom is 0.309 e. The van der Waals surface area contributed by atoms with E-state index >= 15 is 0 Å². The Balaban J connectivity index is 2.31. The largest absolute Gasteiger partial charge is 0.351 e. The first-order valence-electron chi connectivity index (χ1n) is 7.20. The van der Waals surface area contributed by atoms with Gasteiger partial charge in [0.1, 0.15) is 5.25 Å². The second kappa shape index (κ2) is 7.59. The first kappa shape index (κ1) is 18.2. The molecule has 8 heteroatoms. The number of carbonyl (C=O) groups excluding carboxylic acids is 2. The second-order valence-electron chi connectivity index (χ2n) is 5.15. The standard InChI is InChI=1S/C16H18N2O4S2/c1-11-5-7-12(8-6-11)24(21,22)14(13-4-3-9-23-13)10-18-16(20)15(19)17-2/h3-9,14H,10H2,1-2H3,(H,17,19)(H,18,20)/t14-/m0/s1. The highest BCUT2D eigenvalue weighted by atomic mass is 32.2. The van der Waals surface area contributed by atoms with Crippen LogP contribution in [0.2, 0.25) is 0 Å². The molecule has 2 aromatic rings. The van der Waals surface area contributed by atoms with E-state index in [9.17, 15) is 18.0 Å². The molecule has 0 saturated heterocycles. The topological polar surface area (TPSA) is 92.3 Å². The van der Waals surface area contributed by atoms with Gasteiger partial charge < -0.3 is 10.6 Å². The Morgan fingerprint density at radius 1 is 1.12 bits per heavy atom. The van der Waals surface area contributed by atoms with E-state index in [1.165, 1.54) is 18.4 Å². The maximum atomic E-state index is 12.9. The molecule has 24 heavy (non-hydrogen) atoms. The Kier molecular flexibility index (Phi) is 5.74. The zero-order valence-corrected chi connectivity index (χ0v) is 14.9. The third-order valence-corrected chi connectivity index (χ3v) is 6.70. The fourth-order valence-corrected chi connectivity index (χ4v) is 4.89. The fraction of sp³-hybridized carbons (Fsp3) is 0.250. The lowest BCUT2D eigenvalue weighted by atomic mass is 10.2. The Morgan fingerprint density at radius 2 is 1.79 bits per heavy atom. The van der Waals surface area contributed by atoms with Crippen molar-refractivity contribution in [1.82, 2.24) is 10.6 Å². The third kappa shape index (κ3) is 4.01. The Labute approximate surface area is 144 Å². The van der Waals surface area contributed by atoms with Gasteiger partial charge in [0, 0.05) is 18.5 Å². The Hall–Kier alpha value is -2.19. The van der Waals surface area contributed by atoms with Gasteiger partial charge in [-0.15, -0.1) is 11.3 Å². The average Bonchev–Trinajstić information content (AvgIpc) is 3.08. The lowest BCUT2D eigenvalue weighted by Gasteiger charge is -2.17. The van der Waals surface area contributed by atoms with Crippen LogP contribution in [0.5, 0.6) is 0 Å². The van der Waals surface area contributed by atoms with E-state index in [2.05, 4.69) is 10.6 Å². The van der Waals surface area contributed by atoms with Crippen LogP contribution in [0.3, 0.4) is 0 Å². The van der Waals surface area contributed by atoms with Crippen molar-refractivity contribution < 1.29 is 18.0 Å². The molecule has 2 amide bonds. The van der Waals surface area contributed by atoms with E-state index in [0.717, 1.165) is 5.56 Å². The number of hydrogen-bond donors (Lipinski definition) is 2. The van der Waals surface area contributed by atoms with E-state index in [-0.39, 0.29) is 11.4 Å². The van der Waals surface area contributed by atoms with Crippen LogP contribution in [0.4, 0.5) is 0 Å². The molecule has 0 aliphatic heterocycles. The molecule has 0 saturated carbocycles. The van der Waals surface area contributed by atoms with Crippen LogP contribution in [-0.2, 0) is 19.4 Å². The molecule has 0 aliphatic carbocycles. The third-order valence-electron chi connectivity index (χ3n) is 3.47. The van der Waals surface area contributed by atoms with Crippen molar-refractivity contribution in [3.63, 3.8) is 0 Å². The summed E-state index contributed by atoms with van der Waals surface area (Å²) in [6.07, 6.45) is 0. The van der Waals surface area contributed by atoms with Gasteiger partial charge >= 0.3 is 11.8 Å². The van der Waals surface area contributed by atoms with Crippen LogP contribution in [0.15, 0.2) is 46.7 Å². The number of amides is 2. The summed E-state index contributed by atoms with van der Waals surface area (Å²) in [4.78, 5) is 23.7. The Morgan fingerprint density at radius 3 is 2.33 bits per heavy atom. The molecule has 1 atom stereocenters. The highest BCUT2D eigenvalue weighted by molar-refractivity contribution is 7.91. The van der Waals surface area contributed by atoms with Crippen molar-refractivity contribution in [2.75, 3.05) is 13.6 Å². The quantitative estimate of drug-likeness (QED) is 0.783. The van der Waals surface area contributed by atoms with Gasteiger partial charge in [0.2, 0.25) is 0 Å². The van der Waals surface area contributed by atoms with Crippen molar-refractivity contribution >= 4 is 33.0 Å². The molecule has 2 N–H and O–H groups in total. The minimum Gasteiger partial charge on any atom is -0.351 e. The van der Waals surface area contributed by atoms with Crippen LogP contribution in [0.1, 0.15) is 15.7 Å².